The van der Waals surface area contributed by atoms with E-state index in [0.29, 0.717) is 24.3 Å². The summed E-state index contributed by atoms with van der Waals surface area (Å²) < 4.78 is 0.815. The number of carbonyl (C=O) groups excluding carboxylic acids is 1. The highest BCUT2D eigenvalue weighted by Crippen LogP contribution is 2.20. The van der Waals surface area contributed by atoms with E-state index in [9.17, 15) is 4.79 Å². The number of anilines is 1. The molecule has 0 spiro atoms. The number of hydrogen-bond donors (Lipinski definition) is 2. The molecule has 1 aromatic carbocycles. The average Bonchev–Trinajstić information content (AvgIpc) is 2.31. The van der Waals surface area contributed by atoms with E-state index in [1.807, 2.05) is 6.92 Å². The molecule has 0 unspecified atom stereocenters. The molecule has 0 aromatic heterocycles. The first-order valence-electron chi connectivity index (χ1n) is 5.55. The van der Waals surface area contributed by atoms with E-state index in [1.165, 1.54) is 0 Å². The number of nitrogen functional groups attached to an aromatic ring is 1. The van der Waals surface area contributed by atoms with Crippen molar-refractivity contribution < 1.29 is 9.90 Å². The predicted octanol–water partition coefficient (Wildman–Crippen LogP) is 1.88. The van der Waals surface area contributed by atoms with Crippen molar-refractivity contribution in [3.8, 4) is 0 Å². The summed E-state index contributed by atoms with van der Waals surface area (Å²) in [6, 6.07) is 5.19. The maximum Gasteiger partial charge on any atom is 0.256 e. The number of carbonyl (C=O) groups is 1. The third-order valence-electron chi connectivity index (χ3n) is 2.40. The van der Waals surface area contributed by atoms with Gasteiger partial charge in [0.1, 0.15) is 0 Å². The van der Waals surface area contributed by atoms with Gasteiger partial charge in [-0.15, -0.1) is 0 Å². The fraction of sp³-hybridized carbons (Fsp3) is 0.417. The minimum absolute atomic E-state index is 0.0420. The van der Waals surface area contributed by atoms with Crippen LogP contribution in [0.3, 0.4) is 0 Å². The molecule has 0 atom stereocenters. The van der Waals surface area contributed by atoms with Crippen LogP contribution in [0.1, 0.15) is 23.7 Å². The third kappa shape index (κ3) is 3.71. The number of amides is 1. The lowest BCUT2D eigenvalue weighted by Crippen LogP contribution is -2.34. The third-order valence-corrected chi connectivity index (χ3v) is 2.89. The molecular weight excluding hydrogens is 284 g/mol. The molecule has 0 fully saturated rings. The quantitative estimate of drug-likeness (QED) is 0.816. The summed E-state index contributed by atoms with van der Waals surface area (Å²) >= 11 is 3.32. The molecule has 0 saturated carbocycles. The molecule has 0 radical (unpaired) electrons. The van der Waals surface area contributed by atoms with Gasteiger partial charge in [-0.05, 0) is 24.6 Å². The van der Waals surface area contributed by atoms with Gasteiger partial charge in [-0.3, -0.25) is 4.79 Å². The molecule has 4 nitrogen and oxygen atoms in total. The molecule has 5 heteroatoms. The molecule has 1 amide bonds. The summed E-state index contributed by atoms with van der Waals surface area (Å²) in [6.07, 6.45) is 0.847. The van der Waals surface area contributed by atoms with Crippen LogP contribution in [0.15, 0.2) is 22.7 Å². The van der Waals surface area contributed by atoms with Crippen LogP contribution in [0.25, 0.3) is 0 Å². The summed E-state index contributed by atoms with van der Waals surface area (Å²) in [5, 5.41) is 8.95. The van der Waals surface area contributed by atoms with Gasteiger partial charge < -0.3 is 15.7 Å². The number of halogens is 1. The molecule has 17 heavy (non-hydrogen) atoms. The van der Waals surface area contributed by atoms with Crippen LogP contribution in [0.4, 0.5) is 5.69 Å². The van der Waals surface area contributed by atoms with Gasteiger partial charge in [0.2, 0.25) is 0 Å². The van der Waals surface area contributed by atoms with Gasteiger partial charge in [-0.25, -0.2) is 0 Å². The van der Waals surface area contributed by atoms with E-state index in [1.54, 1.807) is 23.1 Å². The Morgan fingerprint density at radius 3 is 2.76 bits per heavy atom. The van der Waals surface area contributed by atoms with E-state index in [2.05, 4.69) is 15.9 Å². The first kappa shape index (κ1) is 14.0. The normalized spacial score (nSPS) is 10.3. The standard InChI is InChI=1S/C12H17BrN2O2/c1-2-5-15(6-7-16)12(17)10-8-9(13)3-4-11(10)14/h3-4,8,16H,2,5-7,14H2,1H3. The minimum atomic E-state index is -0.139. The van der Waals surface area contributed by atoms with Crippen molar-refractivity contribution in [1.29, 1.82) is 0 Å². The van der Waals surface area contributed by atoms with Crippen LogP contribution < -0.4 is 5.73 Å². The van der Waals surface area contributed by atoms with E-state index in [4.69, 9.17) is 10.8 Å². The molecule has 0 aliphatic carbocycles. The highest BCUT2D eigenvalue weighted by atomic mass is 79.9. The van der Waals surface area contributed by atoms with Gasteiger partial charge in [0.25, 0.3) is 5.91 Å². The predicted molar refractivity (Wildman–Crippen MR) is 71.8 cm³/mol. The first-order valence-corrected chi connectivity index (χ1v) is 6.34. The summed E-state index contributed by atoms with van der Waals surface area (Å²) in [5.41, 5.74) is 6.72. The van der Waals surface area contributed by atoms with E-state index >= 15 is 0 Å². The van der Waals surface area contributed by atoms with Gasteiger partial charge in [-0.1, -0.05) is 22.9 Å². The van der Waals surface area contributed by atoms with E-state index < -0.39 is 0 Å². The summed E-state index contributed by atoms with van der Waals surface area (Å²) in [6.45, 7) is 2.89. The molecule has 0 heterocycles. The maximum absolute atomic E-state index is 12.2. The van der Waals surface area contributed by atoms with Crippen molar-refractivity contribution in [3.05, 3.63) is 28.2 Å². The van der Waals surface area contributed by atoms with Crippen molar-refractivity contribution in [2.45, 2.75) is 13.3 Å². The lowest BCUT2D eigenvalue weighted by molar-refractivity contribution is 0.0723. The fourth-order valence-corrected chi connectivity index (χ4v) is 1.95. The molecule has 0 aliphatic rings. The lowest BCUT2D eigenvalue weighted by atomic mass is 10.1. The molecule has 0 aliphatic heterocycles. The lowest BCUT2D eigenvalue weighted by Gasteiger charge is -2.21. The summed E-state index contributed by atoms with van der Waals surface area (Å²) in [5.74, 6) is -0.139. The Kier molecular flexibility index (Phi) is 5.44. The fourth-order valence-electron chi connectivity index (χ4n) is 1.59. The van der Waals surface area contributed by atoms with Crippen LogP contribution in [0, 0.1) is 0 Å². The highest BCUT2D eigenvalue weighted by Gasteiger charge is 2.17. The smallest absolute Gasteiger partial charge is 0.256 e. The van der Waals surface area contributed by atoms with Crippen LogP contribution in [-0.4, -0.2) is 35.6 Å². The number of aliphatic hydroxyl groups excluding tert-OH is 1. The Hall–Kier alpha value is -1.07. The second-order valence-corrected chi connectivity index (χ2v) is 4.66. The number of hydrogen-bond acceptors (Lipinski definition) is 3. The second-order valence-electron chi connectivity index (χ2n) is 3.75. The zero-order valence-corrected chi connectivity index (χ0v) is 11.4. The Bertz CT molecular complexity index is 390. The number of nitrogens with two attached hydrogens (primary N) is 1. The molecule has 1 aromatic rings. The molecule has 1 rings (SSSR count). The number of rotatable bonds is 5. The van der Waals surface area contributed by atoms with Gasteiger partial charge in [0, 0.05) is 23.2 Å². The Labute approximate surface area is 110 Å². The van der Waals surface area contributed by atoms with E-state index in [-0.39, 0.29) is 12.5 Å². The summed E-state index contributed by atoms with van der Waals surface area (Å²) in [7, 11) is 0. The first-order chi connectivity index (χ1) is 8.10. The number of benzene rings is 1. The molecular formula is C12H17BrN2O2. The molecule has 0 bridgehead atoms. The second kappa shape index (κ2) is 6.61. The summed E-state index contributed by atoms with van der Waals surface area (Å²) in [4.78, 5) is 13.8. The highest BCUT2D eigenvalue weighted by molar-refractivity contribution is 9.10. The van der Waals surface area contributed by atoms with Crippen molar-refractivity contribution in [1.82, 2.24) is 4.90 Å². The average molecular weight is 301 g/mol. The number of nitrogens with zero attached hydrogens (tertiary/aromatic N) is 1. The van der Waals surface area contributed by atoms with Crippen LogP contribution >= 0.6 is 15.9 Å². The monoisotopic (exact) mass is 300 g/mol. The van der Waals surface area contributed by atoms with E-state index in [0.717, 1.165) is 10.9 Å². The van der Waals surface area contributed by atoms with Crippen LogP contribution in [-0.2, 0) is 0 Å². The van der Waals surface area contributed by atoms with Crippen LogP contribution in [0.2, 0.25) is 0 Å². The zero-order valence-electron chi connectivity index (χ0n) is 9.82. The van der Waals surface area contributed by atoms with Crippen molar-refractivity contribution >= 4 is 27.5 Å². The van der Waals surface area contributed by atoms with Crippen molar-refractivity contribution in [3.63, 3.8) is 0 Å². The minimum Gasteiger partial charge on any atom is -0.398 e. The Morgan fingerprint density at radius 2 is 2.18 bits per heavy atom. The topological polar surface area (TPSA) is 66.6 Å². The van der Waals surface area contributed by atoms with Gasteiger partial charge in [0.05, 0.1) is 12.2 Å². The molecule has 94 valence electrons. The Morgan fingerprint density at radius 1 is 1.47 bits per heavy atom. The maximum atomic E-state index is 12.2. The largest absolute Gasteiger partial charge is 0.398 e. The molecule has 3 N–H and O–H groups in total. The van der Waals surface area contributed by atoms with Gasteiger partial charge in [-0.2, -0.15) is 0 Å². The number of aliphatic hydroxyl groups is 1. The van der Waals surface area contributed by atoms with Gasteiger partial charge in [0.15, 0.2) is 0 Å². The van der Waals surface area contributed by atoms with Crippen molar-refractivity contribution in [2.24, 2.45) is 0 Å². The van der Waals surface area contributed by atoms with Crippen LogP contribution in [0.5, 0.6) is 0 Å². The SMILES string of the molecule is CCCN(CCO)C(=O)c1cc(Br)ccc1N. The molecule has 0 saturated heterocycles. The zero-order chi connectivity index (χ0) is 12.8. The van der Waals surface area contributed by atoms with Gasteiger partial charge >= 0.3 is 0 Å². The van der Waals surface area contributed by atoms with Crippen molar-refractivity contribution in [2.75, 3.05) is 25.4 Å². The Balaban J connectivity index is 2.95.